The largest absolute Gasteiger partial charge is 0.340 e. The van der Waals surface area contributed by atoms with Gasteiger partial charge < -0.3 is 10.2 Å². The van der Waals surface area contributed by atoms with Gasteiger partial charge in [-0.3, -0.25) is 4.79 Å². The van der Waals surface area contributed by atoms with Crippen molar-refractivity contribution in [3.8, 4) is 0 Å². The Balaban J connectivity index is 1.95. The van der Waals surface area contributed by atoms with Crippen LogP contribution in [0.3, 0.4) is 0 Å². The third kappa shape index (κ3) is 3.77. The van der Waals surface area contributed by atoms with Crippen LogP contribution in [-0.2, 0) is 11.3 Å². The summed E-state index contributed by atoms with van der Waals surface area (Å²) in [6.07, 6.45) is 3.09. The summed E-state index contributed by atoms with van der Waals surface area (Å²) < 4.78 is 13.1. The molecule has 2 atom stereocenters. The van der Waals surface area contributed by atoms with Crippen LogP contribution >= 0.6 is 0 Å². The Morgan fingerprint density at radius 3 is 2.95 bits per heavy atom. The Kier molecular flexibility index (Phi) is 4.53. The Morgan fingerprint density at radius 1 is 1.47 bits per heavy atom. The van der Waals surface area contributed by atoms with E-state index in [1.54, 1.807) is 18.0 Å². The van der Waals surface area contributed by atoms with Crippen molar-refractivity contribution in [2.24, 2.45) is 0 Å². The van der Waals surface area contributed by atoms with E-state index in [2.05, 4.69) is 12.2 Å². The van der Waals surface area contributed by atoms with Gasteiger partial charge in [0, 0.05) is 19.6 Å². The molecule has 1 saturated heterocycles. The maximum atomic E-state index is 13.1. The molecule has 1 heterocycles. The molecule has 0 aliphatic carbocycles. The molecule has 3 nitrogen and oxygen atoms in total. The predicted octanol–water partition coefficient (Wildman–Crippen LogP) is 2.31. The fraction of sp³-hybridized carbons (Fsp3) is 0.533. The lowest BCUT2D eigenvalue weighted by molar-refractivity contribution is -0.133. The van der Waals surface area contributed by atoms with E-state index in [-0.39, 0.29) is 17.8 Å². The van der Waals surface area contributed by atoms with Gasteiger partial charge in [-0.15, -0.1) is 0 Å². The number of carbonyl (C=O) groups excluding carboxylic acids is 1. The minimum absolute atomic E-state index is 0.0933. The van der Waals surface area contributed by atoms with Gasteiger partial charge in [0.15, 0.2) is 0 Å². The van der Waals surface area contributed by atoms with Gasteiger partial charge in [-0.05, 0) is 43.9 Å². The second kappa shape index (κ2) is 6.15. The summed E-state index contributed by atoms with van der Waals surface area (Å²) in [6, 6.07) is 6.69. The highest BCUT2D eigenvalue weighted by Gasteiger charge is 2.26. The molecule has 1 aliphatic heterocycles. The SMILES string of the molecule is CC1CCCC(C(=O)N(C)Cc2cccc(F)c2)N1. The van der Waals surface area contributed by atoms with Crippen molar-refractivity contribution in [2.45, 2.75) is 44.8 Å². The molecule has 2 rings (SSSR count). The number of nitrogens with zero attached hydrogens (tertiary/aromatic N) is 1. The Hall–Kier alpha value is -1.42. The van der Waals surface area contributed by atoms with E-state index < -0.39 is 0 Å². The number of benzene rings is 1. The average molecular weight is 264 g/mol. The molecular weight excluding hydrogens is 243 g/mol. The molecule has 19 heavy (non-hydrogen) atoms. The van der Waals surface area contributed by atoms with Crippen LogP contribution in [0, 0.1) is 5.82 Å². The molecule has 1 aromatic rings. The molecule has 0 aromatic heterocycles. The topological polar surface area (TPSA) is 32.3 Å². The summed E-state index contributed by atoms with van der Waals surface area (Å²) >= 11 is 0. The molecule has 4 heteroatoms. The van der Waals surface area contributed by atoms with Crippen molar-refractivity contribution < 1.29 is 9.18 Å². The first-order valence-electron chi connectivity index (χ1n) is 6.81. The van der Waals surface area contributed by atoms with E-state index >= 15 is 0 Å². The van der Waals surface area contributed by atoms with Crippen LogP contribution in [-0.4, -0.2) is 29.9 Å². The molecule has 1 N–H and O–H groups in total. The Labute approximate surface area is 113 Å². The summed E-state index contributed by atoms with van der Waals surface area (Å²) in [5.74, 6) is -0.168. The molecule has 0 saturated carbocycles. The summed E-state index contributed by atoms with van der Waals surface area (Å²) in [6.45, 7) is 2.55. The maximum absolute atomic E-state index is 13.1. The third-order valence-electron chi connectivity index (χ3n) is 3.60. The summed E-state index contributed by atoms with van der Waals surface area (Å²) in [5.41, 5.74) is 0.819. The van der Waals surface area contributed by atoms with Gasteiger partial charge in [-0.2, -0.15) is 0 Å². The lowest BCUT2D eigenvalue weighted by Gasteiger charge is -2.31. The number of hydrogen-bond acceptors (Lipinski definition) is 2. The zero-order valence-corrected chi connectivity index (χ0v) is 11.5. The van der Waals surface area contributed by atoms with Crippen LogP contribution < -0.4 is 5.32 Å². The number of halogens is 1. The van der Waals surface area contributed by atoms with Crippen molar-refractivity contribution >= 4 is 5.91 Å². The highest BCUT2D eigenvalue weighted by atomic mass is 19.1. The van der Waals surface area contributed by atoms with Crippen LogP contribution in [0.2, 0.25) is 0 Å². The lowest BCUT2D eigenvalue weighted by Crippen LogP contribution is -2.50. The molecule has 2 unspecified atom stereocenters. The van der Waals surface area contributed by atoms with Crippen molar-refractivity contribution in [3.05, 3.63) is 35.6 Å². The minimum atomic E-state index is -0.261. The summed E-state index contributed by atoms with van der Waals surface area (Å²) in [4.78, 5) is 14.0. The molecule has 0 spiro atoms. The standard InChI is InChI=1S/C15H21FN2O/c1-11-5-3-8-14(17-11)15(19)18(2)10-12-6-4-7-13(16)9-12/h4,6-7,9,11,14,17H,3,5,8,10H2,1-2H3. The fourth-order valence-corrected chi connectivity index (χ4v) is 2.59. The number of piperidine rings is 1. The van der Waals surface area contributed by atoms with Crippen LogP contribution in [0.1, 0.15) is 31.7 Å². The quantitative estimate of drug-likeness (QED) is 0.908. The highest BCUT2D eigenvalue weighted by Crippen LogP contribution is 2.15. The second-order valence-electron chi connectivity index (χ2n) is 5.38. The zero-order valence-electron chi connectivity index (χ0n) is 11.5. The van der Waals surface area contributed by atoms with E-state index in [1.165, 1.54) is 12.1 Å². The number of nitrogens with one attached hydrogen (secondary N) is 1. The molecule has 1 fully saturated rings. The maximum Gasteiger partial charge on any atom is 0.239 e. The molecule has 1 aromatic carbocycles. The number of rotatable bonds is 3. The van der Waals surface area contributed by atoms with E-state index in [0.29, 0.717) is 12.6 Å². The summed E-state index contributed by atoms with van der Waals surface area (Å²) in [5, 5.41) is 3.33. The van der Waals surface area contributed by atoms with E-state index in [9.17, 15) is 9.18 Å². The number of likely N-dealkylation sites (N-methyl/N-ethyl adjacent to an activating group) is 1. The minimum Gasteiger partial charge on any atom is -0.340 e. The zero-order chi connectivity index (χ0) is 13.8. The molecule has 0 bridgehead atoms. The number of amides is 1. The smallest absolute Gasteiger partial charge is 0.239 e. The lowest BCUT2D eigenvalue weighted by atomic mass is 9.98. The highest BCUT2D eigenvalue weighted by molar-refractivity contribution is 5.81. The first-order chi connectivity index (χ1) is 9.06. The van der Waals surface area contributed by atoms with E-state index in [4.69, 9.17) is 0 Å². The predicted molar refractivity (Wildman–Crippen MR) is 73.1 cm³/mol. The average Bonchev–Trinajstić information content (AvgIpc) is 2.38. The molecule has 0 radical (unpaired) electrons. The van der Waals surface area contributed by atoms with Crippen molar-refractivity contribution in [2.75, 3.05) is 7.05 Å². The monoisotopic (exact) mass is 264 g/mol. The van der Waals surface area contributed by atoms with Crippen LogP contribution in [0.25, 0.3) is 0 Å². The van der Waals surface area contributed by atoms with Gasteiger partial charge in [-0.25, -0.2) is 4.39 Å². The van der Waals surface area contributed by atoms with Gasteiger partial charge in [0.2, 0.25) is 5.91 Å². The first kappa shape index (κ1) is 14.0. The van der Waals surface area contributed by atoms with Crippen LogP contribution in [0.15, 0.2) is 24.3 Å². The van der Waals surface area contributed by atoms with E-state index in [1.807, 2.05) is 6.07 Å². The van der Waals surface area contributed by atoms with Crippen molar-refractivity contribution in [1.82, 2.24) is 10.2 Å². The molecule has 1 aliphatic rings. The van der Waals surface area contributed by atoms with Gasteiger partial charge in [0.1, 0.15) is 5.82 Å². The third-order valence-corrected chi connectivity index (χ3v) is 3.60. The molecule has 104 valence electrons. The number of carbonyl (C=O) groups is 1. The Bertz CT molecular complexity index is 450. The first-order valence-corrected chi connectivity index (χ1v) is 6.81. The Morgan fingerprint density at radius 2 is 2.26 bits per heavy atom. The molecular formula is C15H21FN2O. The van der Waals surface area contributed by atoms with E-state index in [0.717, 1.165) is 24.8 Å². The normalized spacial score (nSPS) is 23.1. The number of hydrogen-bond donors (Lipinski definition) is 1. The van der Waals surface area contributed by atoms with Crippen LogP contribution in [0.4, 0.5) is 4.39 Å². The summed E-state index contributed by atoms with van der Waals surface area (Å²) in [7, 11) is 1.77. The fourth-order valence-electron chi connectivity index (χ4n) is 2.59. The van der Waals surface area contributed by atoms with Gasteiger partial charge >= 0.3 is 0 Å². The van der Waals surface area contributed by atoms with Gasteiger partial charge in [0.05, 0.1) is 6.04 Å². The van der Waals surface area contributed by atoms with Crippen LogP contribution in [0.5, 0.6) is 0 Å². The van der Waals surface area contributed by atoms with Crippen molar-refractivity contribution in [1.29, 1.82) is 0 Å². The molecule has 1 amide bonds. The van der Waals surface area contributed by atoms with Crippen molar-refractivity contribution in [3.63, 3.8) is 0 Å². The second-order valence-corrected chi connectivity index (χ2v) is 5.38. The van der Waals surface area contributed by atoms with Gasteiger partial charge in [0.25, 0.3) is 0 Å². The van der Waals surface area contributed by atoms with Gasteiger partial charge in [-0.1, -0.05) is 12.1 Å².